The van der Waals surface area contributed by atoms with E-state index in [1.54, 1.807) is 7.11 Å². The van der Waals surface area contributed by atoms with Crippen molar-refractivity contribution in [2.24, 2.45) is 4.99 Å². The van der Waals surface area contributed by atoms with Crippen molar-refractivity contribution in [3.05, 3.63) is 83.9 Å². The van der Waals surface area contributed by atoms with Crippen molar-refractivity contribution in [3.8, 4) is 5.75 Å². The Balaban J connectivity index is 0.00000289. The van der Waals surface area contributed by atoms with Crippen molar-refractivity contribution in [1.82, 2.24) is 19.8 Å². The number of ether oxygens (including phenoxy) is 1. The van der Waals surface area contributed by atoms with Gasteiger partial charge in [-0.25, -0.2) is 9.98 Å². The van der Waals surface area contributed by atoms with E-state index in [1.165, 1.54) is 16.7 Å². The molecule has 32 heavy (non-hydrogen) atoms. The maximum atomic E-state index is 5.29. The molecular formula is C25H32IN5O. The van der Waals surface area contributed by atoms with Crippen LogP contribution in [0.25, 0.3) is 0 Å². The van der Waals surface area contributed by atoms with Crippen LogP contribution in [0, 0.1) is 0 Å². The third-order valence-corrected chi connectivity index (χ3v) is 5.77. The molecule has 0 radical (unpaired) electrons. The van der Waals surface area contributed by atoms with Crippen LogP contribution in [0.5, 0.6) is 5.75 Å². The maximum Gasteiger partial charge on any atom is 0.194 e. The van der Waals surface area contributed by atoms with E-state index >= 15 is 0 Å². The normalized spacial score (nSPS) is 16.0. The number of imidazole rings is 1. The van der Waals surface area contributed by atoms with Gasteiger partial charge in [0.05, 0.1) is 20.0 Å². The monoisotopic (exact) mass is 545 g/mol. The molecule has 7 heteroatoms. The van der Waals surface area contributed by atoms with Gasteiger partial charge in [0.25, 0.3) is 0 Å². The van der Waals surface area contributed by atoms with Gasteiger partial charge in [0.1, 0.15) is 5.75 Å². The summed E-state index contributed by atoms with van der Waals surface area (Å²) in [4.78, 5) is 11.4. The molecular weight excluding hydrogens is 513 g/mol. The second kappa shape index (κ2) is 11.9. The SMILES string of the molecule is CCNC(=NCc1ccc(Cn2ccnc2)cc1)N1CCC(c2ccc(OC)cc2)C1.I. The van der Waals surface area contributed by atoms with E-state index < -0.39 is 0 Å². The number of benzene rings is 2. The molecule has 2 heterocycles. The van der Waals surface area contributed by atoms with Crippen LogP contribution >= 0.6 is 24.0 Å². The van der Waals surface area contributed by atoms with Crippen LogP contribution in [0.4, 0.5) is 0 Å². The first-order valence-electron chi connectivity index (χ1n) is 11.0. The van der Waals surface area contributed by atoms with Gasteiger partial charge in [0.15, 0.2) is 5.96 Å². The highest BCUT2D eigenvalue weighted by Crippen LogP contribution is 2.28. The van der Waals surface area contributed by atoms with Gasteiger partial charge in [-0.05, 0) is 42.2 Å². The molecule has 1 fully saturated rings. The largest absolute Gasteiger partial charge is 0.497 e. The molecule has 0 spiro atoms. The molecule has 1 aliphatic rings. The number of hydrogen-bond acceptors (Lipinski definition) is 3. The maximum absolute atomic E-state index is 5.29. The number of aromatic nitrogens is 2. The summed E-state index contributed by atoms with van der Waals surface area (Å²) in [6, 6.07) is 17.2. The van der Waals surface area contributed by atoms with E-state index in [-0.39, 0.29) is 24.0 Å². The Morgan fingerprint density at radius 1 is 1.12 bits per heavy atom. The van der Waals surface area contributed by atoms with Crippen molar-refractivity contribution in [2.45, 2.75) is 32.4 Å². The summed E-state index contributed by atoms with van der Waals surface area (Å²) in [7, 11) is 1.71. The molecule has 1 N–H and O–H groups in total. The second-order valence-electron chi connectivity index (χ2n) is 7.93. The van der Waals surface area contributed by atoms with Crippen molar-refractivity contribution in [1.29, 1.82) is 0 Å². The topological polar surface area (TPSA) is 54.7 Å². The van der Waals surface area contributed by atoms with Crippen molar-refractivity contribution < 1.29 is 4.74 Å². The van der Waals surface area contributed by atoms with Crippen LogP contribution in [0.3, 0.4) is 0 Å². The van der Waals surface area contributed by atoms with E-state index in [0.717, 1.165) is 44.3 Å². The van der Waals surface area contributed by atoms with E-state index in [9.17, 15) is 0 Å². The highest BCUT2D eigenvalue weighted by Gasteiger charge is 2.26. The molecule has 0 amide bonds. The molecule has 1 atom stereocenters. The second-order valence-corrected chi connectivity index (χ2v) is 7.93. The van der Waals surface area contributed by atoms with E-state index in [1.807, 2.05) is 30.9 Å². The minimum Gasteiger partial charge on any atom is -0.497 e. The number of guanidine groups is 1. The van der Waals surface area contributed by atoms with Gasteiger partial charge in [0, 0.05) is 44.5 Å². The first-order valence-corrected chi connectivity index (χ1v) is 11.0. The van der Waals surface area contributed by atoms with Gasteiger partial charge in [0.2, 0.25) is 0 Å². The van der Waals surface area contributed by atoms with Crippen LogP contribution in [0.2, 0.25) is 0 Å². The predicted octanol–water partition coefficient (Wildman–Crippen LogP) is 4.51. The molecule has 0 saturated carbocycles. The number of nitrogens with one attached hydrogen (secondary N) is 1. The molecule has 0 aliphatic carbocycles. The zero-order valence-corrected chi connectivity index (χ0v) is 21.1. The molecule has 1 aliphatic heterocycles. The third kappa shape index (κ3) is 6.25. The van der Waals surface area contributed by atoms with Gasteiger partial charge in [-0.3, -0.25) is 0 Å². The van der Waals surface area contributed by atoms with Crippen LogP contribution in [-0.2, 0) is 13.1 Å². The first kappa shape index (κ1) is 24.1. The van der Waals surface area contributed by atoms with Gasteiger partial charge < -0.3 is 19.5 Å². The Morgan fingerprint density at radius 3 is 2.53 bits per heavy atom. The Bertz CT molecular complexity index is 971. The molecule has 0 bridgehead atoms. The summed E-state index contributed by atoms with van der Waals surface area (Å²) in [6.45, 7) is 6.52. The van der Waals surface area contributed by atoms with Crippen molar-refractivity contribution in [2.75, 3.05) is 26.7 Å². The van der Waals surface area contributed by atoms with Crippen LogP contribution in [-0.4, -0.2) is 47.2 Å². The zero-order chi connectivity index (χ0) is 21.5. The molecule has 1 saturated heterocycles. The highest BCUT2D eigenvalue weighted by molar-refractivity contribution is 14.0. The third-order valence-electron chi connectivity index (χ3n) is 5.77. The summed E-state index contributed by atoms with van der Waals surface area (Å²) >= 11 is 0. The number of halogens is 1. The number of methoxy groups -OCH3 is 1. The summed E-state index contributed by atoms with van der Waals surface area (Å²) in [5.74, 6) is 2.43. The number of aliphatic imine (C=N–C) groups is 1. The lowest BCUT2D eigenvalue weighted by Gasteiger charge is -2.22. The Morgan fingerprint density at radius 2 is 1.88 bits per heavy atom. The van der Waals surface area contributed by atoms with Gasteiger partial charge in [-0.1, -0.05) is 36.4 Å². The average molecular weight is 545 g/mol. The lowest BCUT2D eigenvalue weighted by Crippen LogP contribution is -2.40. The average Bonchev–Trinajstić information content (AvgIpc) is 3.50. The first-order chi connectivity index (χ1) is 15.2. The van der Waals surface area contributed by atoms with Gasteiger partial charge in [-0.2, -0.15) is 0 Å². The molecule has 1 aromatic heterocycles. The number of nitrogens with zero attached hydrogens (tertiary/aromatic N) is 4. The summed E-state index contributed by atoms with van der Waals surface area (Å²) in [5.41, 5.74) is 3.85. The number of likely N-dealkylation sites (tertiary alicyclic amines) is 1. The van der Waals surface area contributed by atoms with E-state index in [0.29, 0.717) is 12.5 Å². The Kier molecular flexibility index (Phi) is 8.96. The summed E-state index contributed by atoms with van der Waals surface area (Å²) < 4.78 is 7.36. The minimum atomic E-state index is 0. The summed E-state index contributed by atoms with van der Waals surface area (Å²) in [5, 5.41) is 3.47. The fraction of sp³-hybridized carbons (Fsp3) is 0.360. The summed E-state index contributed by atoms with van der Waals surface area (Å²) in [6.07, 6.45) is 6.77. The fourth-order valence-corrected chi connectivity index (χ4v) is 4.03. The molecule has 4 rings (SSSR count). The molecule has 1 unspecified atom stereocenters. The standard InChI is InChI=1S/C25H31N5O.HI/c1-3-27-25(30-14-12-23(18-30)22-8-10-24(31-2)11-9-22)28-16-20-4-6-21(7-5-20)17-29-15-13-26-19-29;/h4-11,13,15,19,23H,3,12,14,16-18H2,1-2H3,(H,27,28);1H. The van der Waals surface area contributed by atoms with E-state index in [4.69, 9.17) is 9.73 Å². The van der Waals surface area contributed by atoms with Gasteiger partial charge >= 0.3 is 0 Å². The zero-order valence-electron chi connectivity index (χ0n) is 18.8. The Labute approximate surface area is 207 Å². The lowest BCUT2D eigenvalue weighted by atomic mass is 9.98. The Hall–Kier alpha value is -2.55. The van der Waals surface area contributed by atoms with Crippen molar-refractivity contribution in [3.63, 3.8) is 0 Å². The quantitative estimate of drug-likeness (QED) is 0.270. The molecule has 6 nitrogen and oxygen atoms in total. The van der Waals surface area contributed by atoms with Crippen LogP contribution in [0.1, 0.15) is 36.0 Å². The van der Waals surface area contributed by atoms with Crippen LogP contribution < -0.4 is 10.1 Å². The number of rotatable bonds is 7. The van der Waals surface area contributed by atoms with Crippen LogP contribution in [0.15, 0.2) is 72.2 Å². The van der Waals surface area contributed by atoms with Gasteiger partial charge in [-0.15, -0.1) is 24.0 Å². The molecule has 3 aromatic rings. The number of hydrogen-bond donors (Lipinski definition) is 1. The molecule has 170 valence electrons. The van der Waals surface area contributed by atoms with E-state index in [2.05, 4.69) is 63.1 Å². The smallest absolute Gasteiger partial charge is 0.194 e. The minimum absolute atomic E-state index is 0. The highest BCUT2D eigenvalue weighted by atomic mass is 127. The molecule has 2 aromatic carbocycles. The lowest BCUT2D eigenvalue weighted by molar-refractivity contribution is 0.414. The fourth-order valence-electron chi connectivity index (χ4n) is 4.03. The predicted molar refractivity (Wildman–Crippen MR) is 140 cm³/mol. The van der Waals surface area contributed by atoms with Crippen molar-refractivity contribution >= 4 is 29.9 Å².